The molecule has 1 unspecified atom stereocenters. The maximum Gasteiger partial charge on any atom is 0.0344 e. The van der Waals surface area contributed by atoms with Crippen LogP contribution >= 0.6 is 11.8 Å². The third kappa shape index (κ3) is 3.93. The lowest BCUT2D eigenvalue weighted by Crippen LogP contribution is -2.34. The fourth-order valence-electron chi connectivity index (χ4n) is 2.23. The van der Waals surface area contributed by atoms with Crippen molar-refractivity contribution in [1.82, 2.24) is 5.32 Å². The van der Waals surface area contributed by atoms with Crippen molar-refractivity contribution < 1.29 is 0 Å². The summed E-state index contributed by atoms with van der Waals surface area (Å²) >= 11 is 1.94. The number of anilines is 1. The van der Waals surface area contributed by atoms with Gasteiger partial charge in [0, 0.05) is 16.6 Å². The molecule has 3 heteroatoms. The number of nitrogens with two attached hydrogens (primary N) is 1. The molecule has 0 amide bonds. The van der Waals surface area contributed by atoms with Gasteiger partial charge in [-0.1, -0.05) is 6.42 Å². The number of hydrogen-bond donors (Lipinski definition) is 2. The molecule has 1 aromatic carbocycles. The zero-order valence-corrected chi connectivity index (χ0v) is 11.4. The molecule has 1 saturated heterocycles. The lowest BCUT2D eigenvalue weighted by atomic mass is 10.0. The second kappa shape index (κ2) is 6.31. The number of aryl methyl sites for hydroxylation is 1. The van der Waals surface area contributed by atoms with Crippen molar-refractivity contribution in [3.63, 3.8) is 0 Å². The van der Waals surface area contributed by atoms with Gasteiger partial charge in [-0.25, -0.2) is 0 Å². The van der Waals surface area contributed by atoms with Gasteiger partial charge < -0.3 is 11.1 Å². The molecule has 1 aromatic rings. The van der Waals surface area contributed by atoms with Crippen LogP contribution in [0.15, 0.2) is 23.1 Å². The Balaban J connectivity index is 1.75. The van der Waals surface area contributed by atoms with Crippen molar-refractivity contribution in [2.75, 3.05) is 18.0 Å². The number of hydrogen-bond acceptors (Lipinski definition) is 3. The summed E-state index contributed by atoms with van der Waals surface area (Å²) in [6.07, 6.45) is 5.36. The Morgan fingerprint density at radius 1 is 1.41 bits per heavy atom. The molecule has 0 radical (unpaired) electrons. The molecule has 17 heavy (non-hydrogen) atoms. The fourth-order valence-corrected chi connectivity index (χ4v) is 3.29. The summed E-state index contributed by atoms with van der Waals surface area (Å²) in [5.41, 5.74) is 7.89. The molecular formula is C14H22N2S. The van der Waals surface area contributed by atoms with Crippen molar-refractivity contribution >= 4 is 17.4 Å². The quantitative estimate of drug-likeness (QED) is 0.636. The van der Waals surface area contributed by atoms with Crippen LogP contribution in [0, 0.1) is 6.92 Å². The Hall–Kier alpha value is -0.670. The SMILES string of the molecule is Cc1cc(SCCC2CCCCN2)ccc1N. The molecule has 1 aliphatic rings. The van der Waals surface area contributed by atoms with Crippen molar-refractivity contribution in [3.05, 3.63) is 23.8 Å². The summed E-state index contributed by atoms with van der Waals surface area (Å²) in [5, 5.41) is 3.59. The van der Waals surface area contributed by atoms with E-state index in [1.54, 1.807) is 0 Å². The smallest absolute Gasteiger partial charge is 0.0344 e. The van der Waals surface area contributed by atoms with Crippen LogP contribution in [0.1, 0.15) is 31.2 Å². The highest BCUT2D eigenvalue weighted by molar-refractivity contribution is 7.99. The minimum absolute atomic E-state index is 0.742. The zero-order chi connectivity index (χ0) is 12.1. The number of nitrogen functional groups attached to an aromatic ring is 1. The molecule has 0 aromatic heterocycles. The summed E-state index contributed by atoms with van der Waals surface area (Å²) in [6.45, 7) is 3.28. The van der Waals surface area contributed by atoms with E-state index in [4.69, 9.17) is 5.73 Å². The van der Waals surface area contributed by atoms with Crippen LogP contribution in [-0.2, 0) is 0 Å². The average Bonchev–Trinajstić information content (AvgIpc) is 2.35. The lowest BCUT2D eigenvalue weighted by Gasteiger charge is -2.23. The summed E-state index contributed by atoms with van der Waals surface area (Å²) in [7, 11) is 0. The minimum Gasteiger partial charge on any atom is -0.399 e. The van der Waals surface area contributed by atoms with E-state index in [0.29, 0.717) is 0 Å². The van der Waals surface area contributed by atoms with E-state index < -0.39 is 0 Å². The Morgan fingerprint density at radius 2 is 2.29 bits per heavy atom. The molecule has 1 aliphatic heterocycles. The van der Waals surface area contributed by atoms with Gasteiger partial charge in [0.2, 0.25) is 0 Å². The number of rotatable bonds is 4. The first-order valence-electron chi connectivity index (χ1n) is 6.48. The number of nitrogens with one attached hydrogen (secondary N) is 1. The first-order chi connectivity index (χ1) is 8.25. The summed E-state index contributed by atoms with van der Waals surface area (Å²) in [5.74, 6) is 1.20. The van der Waals surface area contributed by atoms with Gasteiger partial charge in [0.1, 0.15) is 0 Å². The Morgan fingerprint density at radius 3 is 3.00 bits per heavy atom. The van der Waals surface area contributed by atoms with Gasteiger partial charge in [0.25, 0.3) is 0 Å². The summed E-state index contributed by atoms with van der Waals surface area (Å²) in [4.78, 5) is 1.34. The van der Waals surface area contributed by atoms with Gasteiger partial charge in [-0.05, 0) is 62.2 Å². The number of benzene rings is 1. The van der Waals surface area contributed by atoms with E-state index in [1.165, 1.54) is 48.4 Å². The minimum atomic E-state index is 0.742. The molecule has 0 aliphatic carbocycles. The van der Waals surface area contributed by atoms with Crippen LogP contribution in [0.5, 0.6) is 0 Å². The Kier molecular flexibility index (Phi) is 4.75. The fraction of sp³-hybridized carbons (Fsp3) is 0.571. The maximum atomic E-state index is 5.82. The Labute approximate surface area is 108 Å². The average molecular weight is 250 g/mol. The van der Waals surface area contributed by atoms with Crippen LogP contribution in [0.4, 0.5) is 5.69 Å². The van der Waals surface area contributed by atoms with E-state index in [9.17, 15) is 0 Å². The van der Waals surface area contributed by atoms with Crippen LogP contribution in [0.2, 0.25) is 0 Å². The van der Waals surface area contributed by atoms with E-state index in [0.717, 1.165) is 11.7 Å². The molecule has 1 heterocycles. The zero-order valence-electron chi connectivity index (χ0n) is 10.5. The van der Waals surface area contributed by atoms with Crippen LogP contribution < -0.4 is 11.1 Å². The van der Waals surface area contributed by atoms with Gasteiger partial charge in [-0.2, -0.15) is 0 Å². The van der Waals surface area contributed by atoms with Crippen molar-refractivity contribution in [2.45, 2.75) is 43.5 Å². The number of piperidine rings is 1. The third-order valence-electron chi connectivity index (χ3n) is 3.39. The normalized spacial score (nSPS) is 20.4. The highest BCUT2D eigenvalue weighted by Crippen LogP contribution is 2.24. The van der Waals surface area contributed by atoms with Crippen LogP contribution in [0.25, 0.3) is 0 Å². The van der Waals surface area contributed by atoms with Crippen LogP contribution in [-0.4, -0.2) is 18.3 Å². The molecule has 0 bridgehead atoms. The molecule has 0 spiro atoms. The van der Waals surface area contributed by atoms with E-state index in [1.807, 2.05) is 17.8 Å². The van der Waals surface area contributed by atoms with Gasteiger partial charge >= 0.3 is 0 Å². The third-order valence-corrected chi connectivity index (χ3v) is 4.42. The monoisotopic (exact) mass is 250 g/mol. The van der Waals surface area contributed by atoms with Crippen molar-refractivity contribution in [3.8, 4) is 0 Å². The number of thioether (sulfide) groups is 1. The highest BCUT2D eigenvalue weighted by Gasteiger charge is 2.11. The Bertz CT molecular complexity index is 359. The van der Waals surface area contributed by atoms with E-state index >= 15 is 0 Å². The highest BCUT2D eigenvalue weighted by atomic mass is 32.2. The predicted octanol–water partition coefficient (Wildman–Crippen LogP) is 3.20. The predicted molar refractivity (Wildman–Crippen MR) is 76.6 cm³/mol. The van der Waals surface area contributed by atoms with Gasteiger partial charge in [-0.15, -0.1) is 11.8 Å². The van der Waals surface area contributed by atoms with Gasteiger partial charge in [0.15, 0.2) is 0 Å². The molecule has 94 valence electrons. The maximum absolute atomic E-state index is 5.82. The van der Waals surface area contributed by atoms with Crippen LogP contribution in [0.3, 0.4) is 0 Å². The summed E-state index contributed by atoms with van der Waals surface area (Å²) in [6, 6.07) is 7.07. The second-order valence-corrected chi connectivity index (χ2v) is 5.97. The first-order valence-corrected chi connectivity index (χ1v) is 7.46. The summed E-state index contributed by atoms with van der Waals surface area (Å²) < 4.78 is 0. The molecule has 0 saturated carbocycles. The topological polar surface area (TPSA) is 38.0 Å². The molecular weight excluding hydrogens is 228 g/mol. The van der Waals surface area contributed by atoms with Gasteiger partial charge in [0.05, 0.1) is 0 Å². The molecule has 3 N–H and O–H groups in total. The van der Waals surface area contributed by atoms with Crippen molar-refractivity contribution in [2.24, 2.45) is 0 Å². The standard InChI is InChI=1S/C14H22N2S/c1-11-10-13(5-6-14(11)15)17-9-7-12-4-2-3-8-16-12/h5-6,10,12,16H,2-4,7-9,15H2,1H3. The molecule has 1 atom stereocenters. The van der Waals surface area contributed by atoms with E-state index in [2.05, 4.69) is 24.4 Å². The molecule has 2 nitrogen and oxygen atoms in total. The van der Waals surface area contributed by atoms with Crippen molar-refractivity contribution in [1.29, 1.82) is 0 Å². The first kappa shape index (κ1) is 12.8. The van der Waals surface area contributed by atoms with Gasteiger partial charge in [-0.3, -0.25) is 0 Å². The second-order valence-electron chi connectivity index (χ2n) is 4.80. The van der Waals surface area contributed by atoms with E-state index in [-0.39, 0.29) is 0 Å². The largest absolute Gasteiger partial charge is 0.399 e. The lowest BCUT2D eigenvalue weighted by molar-refractivity contribution is 0.395. The molecule has 1 fully saturated rings. The molecule has 2 rings (SSSR count).